The van der Waals surface area contributed by atoms with Crippen molar-refractivity contribution in [1.29, 1.82) is 0 Å². The van der Waals surface area contributed by atoms with Gasteiger partial charge in [-0.15, -0.1) is 0 Å². The number of sulfonamides is 1. The third-order valence-corrected chi connectivity index (χ3v) is 8.18. The molecule has 2 aromatic carbocycles. The fraction of sp³-hybridized carbons (Fsp3) is 0.480. The van der Waals surface area contributed by atoms with Crippen molar-refractivity contribution in [3.8, 4) is 0 Å². The summed E-state index contributed by atoms with van der Waals surface area (Å²) in [5.74, 6) is -0.879. The Kier molecular flexibility index (Phi) is 10.9. The molecule has 14 heteroatoms. The number of hydrogen-bond acceptors (Lipinski definition) is 6. The van der Waals surface area contributed by atoms with Crippen molar-refractivity contribution in [2.24, 2.45) is 0 Å². The Morgan fingerprint density at radius 3 is 2.62 bits per heavy atom. The average Bonchev–Trinajstić information content (AvgIpc) is 3.26. The zero-order valence-electron chi connectivity index (χ0n) is 21.1. The number of β-amino-alcohol motifs (C(OH)–C–C–N with tert-alkyl or cyclic N) is 1. The molecule has 1 fully saturated rings. The standard InChI is InChI=1S/C25H30Cl2F3N3O5S/c1-32(24(35)12-17-5-6-21(26)22(27)11-17)23(15-33-8-7-20(34)14-33)18-3-2-4-19(13-18)31-39(36,37)10-9-38-16-25(28,29)30/h2-6,11,13,20,23,31,34H,7-10,12,14-16H2,1H3. The number of likely N-dealkylation sites (N-methyl/N-ethyl adjacent to an activating group) is 1. The lowest BCUT2D eigenvalue weighted by molar-refractivity contribution is -0.172. The minimum absolute atomic E-state index is 0.0523. The van der Waals surface area contributed by atoms with Crippen molar-refractivity contribution >= 4 is 44.8 Å². The fourth-order valence-electron chi connectivity index (χ4n) is 4.19. The largest absolute Gasteiger partial charge is 0.411 e. The highest BCUT2D eigenvalue weighted by molar-refractivity contribution is 7.92. The third kappa shape index (κ3) is 10.1. The molecule has 1 amide bonds. The monoisotopic (exact) mass is 611 g/mol. The number of anilines is 1. The molecule has 0 saturated carbocycles. The maximum absolute atomic E-state index is 13.3. The quantitative estimate of drug-likeness (QED) is 0.350. The summed E-state index contributed by atoms with van der Waals surface area (Å²) in [6.45, 7) is -0.692. The summed E-state index contributed by atoms with van der Waals surface area (Å²) in [5.41, 5.74) is 1.50. The summed E-state index contributed by atoms with van der Waals surface area (Å²) in [5, 5.41) is 10.7. The van der Waals surface area contributed by atoms with Gasteiger partial charge in [0.2, 0.25) is 15.9 Å². The number of alkyl halides is 3. The summed E-state index contributed by atoms with van der Waals surface area (Å²) >= 11 is 12.1. The van der Waals surface area contributed by atoms with Gasteiger partial charge in [0.1, 0.15) is 6.61 Å². The number of aliphatic hydroxyl groups is 1. The van der Waals surface area contributed by atoms with Crippen LogP contribution in [0.5, 0.6) is 0 Å². The summed E-state index contributed by atoms with van der Waals surface area (Å²) < 4.78 is 68.3. The Balaban J connectivity index is 1.76. The zero-order chi connectivity index (χ0) is 28.8. The van der Waals surface area contributed by atoms with E-state index in [1.54, 1.807) is 48.3 Å². The Hall–Kier alpha value is -2.09. The van der Waals surface area contributed by atoms with Crippen molar-refractivity contribution < 1.29 is 36.2 Å². The lowest BCUT2D eigenvalue weighted by atomic mass is 10.0. The van der Waals surface area contributed by atoms with Gasteiger partial charge in [-0.05, 0) is 41.8 Å². The van der Waals surface area contributed by atoms with Gasteiger partial charge in [-0.1, -0.05) is 41.4 Å². The molecule has 1 heterocycles. The lowest BCUT2D eigenvalue weighted by Gasteiger charge is -2.32. The third-order valence-electron chi connectivity index (χ3n) is 6.19. The molecule has 1 aliphatic rings. The van der Waals surface area contributed by atoms with E-state index in [2.05, 4.69) is 9.46 Å². The lowest BCUT2D eigenvalue weighted by Crippen LogP contribution is -2.39. The molecule has 216 valence electrons. The van der Waals surface area contributed by atoms with Crippen molar-refractivity contribution in [3.63, 3.8) is 0 Å². The van der Waals surface area contributed by atoms with Gasteiger partial charge >= 0.3 is 6.18 Å². The zero-order valence-corrected chi connectivity index (χ0v) is 23.5. The second-order valence-corrected chi connectivity index (χ2v) is 12.0. The van der Waals surface area contributed by atoms with Crippen LogP contribution in [0.1, 0.15) is 23.6 Å². The number of hydrogen-bond donors (Lipinski definition) is 2. The molecular formula is C25H30Cl2F3N3O5S. The van der Waals surface area contributed by atoms with E-state index in [1.807, 2.05) is 4.90 Å². The predicted octanol–water partition coefficient (Wildman–Crippen LogP) is 4.12. The molecule has 39 heavy (non-hydrogen) atoms. The summed E-state index contributed by atoms with van der Waals surface area (Å²) in [6, 6.07) is 10.9. The number of carbonyl (C=O) groups excluding carboxylic acids is 1. The first-order chi connectivity index (χ1) is 18.2. The number of aliphatic hydroxyl groups excluding tert-OH is 1. The van der Waals surface area contributed by atoms with E-state index in [4.69, 9.17) is 23.2 Å². The molecular weight excluding hydrogens is 582 g/mol. The predicted molar refractivity (Wildman–Crippen MR) is 143 cm³/mol. The Morgan fingerprint density at radius 2 is 1.97 bits per heavy atom. The molecule has 8 nitrogen and oxygen atoms in total. The highest BCUT2D eigenvalue weighted by Crippen LogP contribution is 2.28. The van der Waals surface area contributed by atoms with E-state index >= 15 is 0 Å². The van der Waals surface area contributed by atoms with Crippen LogP contribution in [0.25, 0.3) is 0 Å². The number of nitrogens with one attached hydrogen (secondary N) is 1. The normalized spacial score (nSPS) is 17.3. The molecule has 0 spiro atoms. The molecule has 3 rings (SSSR count). The van der Waals surface area contributed by atoms with Crippen molar-refractivity contribution in [2.45, 2.75) is 31.2 Å². The van der Waals surface area contributed by atoms with Crippen LogP contribution >= 0.6 is 23.2 Å². The van der Waals surface area contributed by atoms with Crippen LogP contribution in [0.4, 0.5) is 18.9 Å². The molecule has 0 bridgehead atoms. The molecule has 2 aromatic rings. The van der Waals surface area contributed by atoms with E-state index < -0.39 is 47.3 Å². The van der Waals surface area contributed by atoms with Crippen molar-refractivity contribution in [2.75, 3.05) is 50.4 Å². The molecule has 2 unspecified atom stereocenters. The minimum atomic E-state index is -4.55. The first-order valence-electron chi connectivity index (χ1n) is 12.1. The van der Waals surface area contributed by atoms with Gasteiger partial charge in [0, 0.05) is 32.4 Å². The molecule has 0 aromatic heterocycles. The first kappa shape index (κ1) is 31.4. The second-order valence-electron chi connectivity index (χ2n) is 9.36. The Labute approximate surface area is 235 Å². The topological polar surface area (TPSA) is 99.2 Å². The van der Waals surface area contributed by atoms with E-state index in [0.29, 0.717) is 47.2 Å². The number of carbonyl (C=O) groups is 1. The summed E-state index contributed by atoms with van der Waals surface area (Å²) in [7, 11) is -2.35. The molecule has 2 atom stereocenters. The van der Waals surface area contributed by atoms with Gasteiger partial charge in [0.25, 0.3) is 0 Å². The van der Waals surface area contributed by atoms with Gasteiger partial charge in [-0.2, -0.15) is 13.2 Å². The number of amides is 1. The average molecular weight is 612 g/mol. The van der Waals surface area contributed by atoms with Crippen LogP contribution < -0.4 is 4.72 Å². The van der Waals surface area contributed by atoms with E-state index in [-0.39, 0.29) is 18.0 Å². The SMILES string of the molecule is CN(C(=O)Cc1ccc(Cl)c(Cl)c1)C(CN1CCC(O)C1)c1cccc(NS(=O)(=O)CCOCC(F)(F)F)c1. The van der Waals surface area contributed by atoms with Crippen LogP contribution in [-0.2, 0) is 26.0 Å². The molecule has 0 radical (unpaired) electrons. The smallest absolute Gasteiger partial charge is 0.392 e. The number of likely N-dealkylation sites (tertiary alicyclic amines) is 1. The highest BCUT2D eigenvalue weighted by atomic mass is 35.5. The van der Waals surface area contributed by atoms with Crippen LogP contribution in [-0.4, -0.2) is 87.2 Å². The van der Waals surface area contributed by atoms with Gasteiger partial charge in [0.15, 0.2) is 0 Å². The highest BCUT2D eigenvalue weighted by Gasteiger charge is 2.29. The van der Waals surface area contributed by atoms with Crippen LogP contribution in [0.3, 0.4) is 0 Å². The molecule has 1 aliphatic heterocycles. The number of rotatable bonds is 12. The Bertz CT molecular complexity index is 1250. The molecule has 2 N–H and O–H groups in total. The number of benzene rings is 2. The fourth-order valence-corrected chi connectivity index (χ4v) is 5.44. The number of nitrogens with zero attached hydrogens (tertiary/aromatic N) is 2. The summed E-state index contributed by atoms with van der Waals surface area (Å²) in [6.07, 6.45) is -4.36. The number of ether oxygens (including phenoxy) is 1. The van der Waals surface area contributed by atoms with Gasteiger partial charge < -0.3 is 14.7 Å². The van der Waals surface area contributed by atoms with Crippen LogP contribution in [0.15, 0.2) is 42.5 Å². The van der Waals surface area contributed by atoms with Crippen molar-refractivity contribution in [3.05, 3.63) is 63.6 Å². The Morgan fingerprint density at radius 1 is 1.23 bits per heavy atom. The van der Waals surface area contributed by atoms with E-state index in [1.165, 1.54) is 6.07 Å². The van der Waals surface area contributed by atoms with E-state index in [0.717, 1.165) is 0 Å². The van der Waals surface area contributed by atoms with Gasteiger partial charge in [-0.25, -0.2) is 8.42 Å². The summed E-state index contributed by atoms with van der Waals surface area (Å²) in [4.78, 5) is 16.9. The second kappa shape index (κ2) is 13.5. The van der Waals surface area contributed by atoms with Gasteiger partial charge in [-0.3, -0.25) is 14.4 Å². The van der Waals surface area contributed by atoms with Gasteiger partial charge in [0.05, 0.1) is 41.0 Å². The maximum atomic E-state index is 13.3. The van der Waals surface area contributed by atoms with E-state index in [9.17, 15) is 31.5 Å². The minimum Gasteiger partial charge on any atom is -0.392 e. The molecule has 1 saturated heterocycles. The molecule has 0 aliphatic carbocycles. The van der Waals surface area contributed by atoms with Crippen LogP contribution in [0.2, 0.25) is 10.0 Å². The first-order valence-corrected chi connectivity index (χ1v) is 14.5. The number of halogens is 5. The van der Waals surface area contributed by atoms with Crippen LogP contribution in [0, 0.1) is 0 Å². The van der Waals surface area contributed by atoms with Crippen molar-refractivity contribution in [1.82, 2.24) is 9.80 Å². The maximum Gasteiger partial charge on any atom is 0.411 e.